The van der Waals surface area contributed by atoms with Gasteiger partial charge in [0.2, 0.25) is 10.0 Å². The second-order valence-corrected chi connectivity index (χ2v) is 8.39. The molecule has 0 N–H and O–H groups in total. The van der Waals surface area contributed by atoms with Gasteiger partial charge in [-0.1, -0.05) is 18.0 Å². The van der Waals surface area contributed by atoms with E-state index in [0.717, 1.165) is 19.3 Å². The third kappa shape index (κ3) is 2.69. The highest BCUT2D eigenvalue weighted by Crippen LogP contribution is 2.40. The Bertz CT molecular complexity index is 653. The predicted molar refractivity (Wildman–Crippen MR) is 80.6 cm³/mol. The molecule has 0 bridgehead atoms. The summed E-state index contributed by atoms with van der Waals surface area (Å²) in [4.78, 5) is -0.356. The standard InChI is InChI=1S/C14H16Cl2FNO2S/c15-6-11-4-12(16)5-13(14(11)17)21(19,20)18-7-9-2-1-3-10(9)8-18/h4-5,9-10H,1-3,6-8H2. The van der Waals surface area contributed by atoms with Crippen LogP contribution in [-0.4, -0.2) is 25.8 Å². The van der Waals surface area contributed by atoms with Gasteiger partial charge in [0.05, 0.1) is 5.88 Å². The Hall–Kier alpha value is -0.360. The van der Waals surface area contributed by atoms with Crippen molar-refractivity contribution in [3.63, 3.8) is 0 Å². The van der Waals surface area contributed by atoms with E-state index >= 15 is 0 Å². The molecule has 7 heteroatoms. The maximum Gasteiger partial charge on any atom is 0.246 e. The summed E-state index contributed by atoms with van der Waals surface area (Å²) in [5, 5.41) is 0.185. The van der Waals surface area contributed by atoms with E-state index in [2.05, 4.69) is 0 Å². The van der Waals surface area contributed by atoms with E-state index in [1.165, 1.54) is 16.4 Å². The number of fused-ring (bicyclic) bond motifs is 1. The van der Waals surface area contributed by atoms with E-state index < -0.39 is 15.8 Å². The van der Waals surface area contributed by atoms with Gasteiger partial charge in [0.15, 0.2) is 0 Å². The lowest BCUT2D eigenvalue weighted by atomic mass is 10.0. The summed E-state index contributed by atoms with van der Waals surface area (Å²) in [6.45, 7) is 0.963. The third-order valence-corrected chi connectivity index (χ3v) is 6.87. The van der Waals surface area contributed by atoms with Crippen molar-refractivity contribution in [2.45, 2.75) is 30.0 Å². The minimum absolute atomic E-state index is 0.111. The van der Waals surface area contributed by atoms with Crippen molar-refractivity contribution in [1.82, 2.24) is 4.31 Å². The monoisotopic (exact) mass is 351 g/mol. The third-order valence-electron chi connectivity index (χ3n) is 4.53. The Morgan fingerprint density at radius 1 is 1.24 bits per heavy atom. The van der Waals surface area contributed by atoms with Crippen LogP contribution in [0.1, 0.15) is 24.8 Å². The van der Waals surface area contributed by atoms with Crippen LogP contribution in [0.4, 0.5) is 4.39 Å². The summed E-state index contributed by atoms with van der Waals surface area (Å²) in [5.41, 5.74) is 0.113. The number of halogens is 3. The molecule has 0 amide bonds. The molecule has 3 nitrogen and oxygen atoms in total. The molecule has 21 heavy (non-hydrogen) atoms. The molecular formula is C14H16Cl2FNO2S. The molecule has 0 spiro atoms. The molecule has 1 saturated carbocycles. The fourth-order valence-electron chi connectivity index (χ4n) is 3.43. The van der Waals surface area contributed by atoms with E-state index in [4.69, 9.17) is 23.2 Å². The van der Waals surface area contributed by atoms with Crippen molar-refractivity contribution in [2.75, 3.05) is 13.1 Å². The summed E-state index contributed by atoms with van der Waals surface area (Å²) in [5.74, 6) is -0.0735. The Morgan fingerprint density at radius 3 is 2.43 bits per heavy atom. The van der Waals surface area contributed by atoms with Gasteiger partial charge in [-0.15, -0.1) is 11.6 Å². The van der Waals surface area contributed by atoms with Crippen LogP contribution in [0.15, 0.2) is 17.0 Å². The van der Waals surface area contributed by atoms with Crippen molar-refractivity contribution < 1.29 is 12.8 Å². The highest BCUT2D eigenvalue weighted by atomic mass is 35.5. The zero-order valence-corrected chi connectivity index (χ0v) is 13.7. The Morgan fingerprint density at radius 2 is 1.86 bits per heavy atom. The molecule has 116 valence electrons. The average Bonchev–Trinajstić information content (AvgIpc) is 3.01. The van der Waals surface area contributed by atoms with E-state index in [9.17, 15) is 12.8 Å². The van der Waals surface area contributed by atoms with E-state index in [-0.39, 0.29) is 21.4 Å². The maximum absolute atomic E-state index is 14.3. The molecule has 2 aliphatic rings. The molecule has 2 atom stereocenters. The highest BCUT2D eigenvalue weighted by molar-refractivity contribution is 7.89. The van der Waals surface area contributed by atoms with Crippen molar-refractivity contribution >= 4 is 33.2 Å². The number of rotatable bonds is 3. The first-order valence-corrected chi connectivity index (χ1v) is 9.32. The molecule has 1 heterocycles. The highest BCUT2D eigenvalue weighted by Gasteiger charge is 2.42. The molecule has 1 aliphatic carbocycles. The number of sulfonamides is 1. The summed E-state index contributed by atoms with van der Waals surface area (Å²) in [7, 11) is -3.85. The first-order chi connectivity index (χ1) is 9.93. The lowest BCUT2D eigenvalue weighted by molar-refractivity contribution is 0.440. The van der Waals surface area contributed by atoms with Gasteiger partial charge in [-0.05, 0) is 36.8 Å². The van der Waals surface area contributed by atoms with Gasteiger partial charge in [0.1, 0.15) is 10.7 Å². The summed E-state index contributed by atoms with van der Waals surface area (Å²) < 4.78 is 41.1. The smallest absolute Gasteiger partial charge is 0.207 e. The van der Waals surface area contributed by atoms with Crippen LogP contribution in [-0.2, 0) is 15.9 Å². The van der Waals surface area contributed by atoms with E-state index in [0.29, 0.717) is 24.9 Å². The molecule has 1 saturated heterocycles. The number of nitrogens with zero attached hydrogens (tertiary/aromatic N) is 1. The van der Waals surface area contributed by atoms with Crippen molar-refractivity contribution in [1.29, 1.82) is 0 Å². The number of benzene rings is 1. The van der Waals surface area contributed by atoms with Crippen LogP contribution in [0, 0.1) is 17.7 Å². The Kier molecular flexibility index (Phi) is 4.21. The van der Waals surface area contributed by atoms with Crippen LogP contribution in [0.3, 0.4) is 0 Å². The molecule has 0 radical (unpaired) electrons. The van der Waals surface area contributed by atoms with Crippen LogP contribution in [0.2, 0.25) is 5.02 Å². The van der Waals surface area contributed by atoms with Gasteiger partial charge in [-0.3, -0.25) is 0 Å². The normalized spacial score (nSPS) is 26.2. The topological polar surface area (TPSA) is 37.4 Å². The van der Waals surface area contributed by atoms with Crippen LogP contribution >= 0.6 is 23.2 Å². The fourth-order valence-corrected chi connectivity index (χ4v) is 5.62. The van der Waals surface area contributed by atoms with Crippen molar-refractivity contribution in [3.8, 4) is 0 Å². The minimum Gasteiger partial charge on any atom is -0.207 e. The second kappa shape index (κ2) is 5.69. The molecule has 1 aliphatic heterocycles. The SMILES string of the molecule is O=S(=O)(c1cc(Cl)cc(CCl)c1F)N1CC2CCCC2C1. The van der Waals surface area contributed by atoms with E-state index in [1.54, 1.807) is 0 Å². The molecule has 3 rings (SSSR count). The summed E-state index contributed by atoms with van der Waals surface area (Å²) >= 11 is 11.6. The minimum atomic E-state index is -3.85. The van der Waals surface area contributed by atoms with Gasteiger partial charge in [-0.2, -0.15) is 4.31 Å². The predicted octanol–water partition coefficient (Wildman–Crippen LogP) is 3.64. The van der Waals surface area contributed by atoms with E-state index in [1.807, 2.05) is 0 Å². The zero-order valence-electron chi connectivity index (χ0n) is 11.4. The zero-order chi connectivity index (χ0) is 15.2. The molecule has 2 unspecified atom stereocenters. The molecule has 2 fully saturated rings. The average molecular weight is 352 g/mol. The number of hydrogen-bond donors (Lipinski definition) is 0. The van der Waals surface area contributed by atoms with Crippen molar-refractivity contribution in [2.24, 2.45) is 11.8 Å². The lowest BCUT2D eigenvalue weighted by Gasteiger charge is -2.18. The van der Waals surface area contributed by atoms with Crippen LogP contribution in [0.25, 0.3) is 0 Å². The fraction of sp³-hybridized carbons (Fsp3) is 0.571. The van der Waals surface area contributed by atoms with Crippen molar-refractivity contribution in [3.05, 3.63) is 28.5 Å². The van der Waals surface area contributed by atoms with Gasteiger partial charge < -0.3 is 0 Å². The number of alkyl halides is 1. The van der Waals surface area contributed by atoms with Crippen LogP contribution in [0.5, 0.6) is 0 Å². The van der Waals surface area contributed by atoms with Gasteiger partial charge in [0.25, 0.3) is 0 Å². The summed E-state index contributed by atoms with van der Waals surface area (Å²) in [6, 6.07) is 2.54. The largest absolute Gasteiger partial charge is 0.246 e. The lowest BCUT2D eigenvalue weighted by Crippen LogP contribution is -2.30. The summed E-state index contributed by atoms with van der Waals surface area (Å²) in [6.07, 6.45) is 3.27. The second-order valence-electron chi connectivity index (χ2n) is 5.78. The Balaban J connectivity index is 1.97. The Labute approximate surface area is 134 Å². The quantitative estimate of drug-likeness (QED) is 0.779. The van der Waals surface area contributed by atoms with Crippen LogP contribution < -0.4 is 0 Å². The first kappa shape index (κ1) is 15.5. The molecule has 1 aromatic carbocycles. The number of hydrogen-bond acceptors (Lipinski definition) is 2. The van der Waals surface area contributed by atoms with Gasteiger partial charge in [-0.25, -0.2) is 12.8 Å². The first-order valence-electron chi connectivity index (χ1n) is 6.97. The molecular weight excluding hydrogens is 336 g/mol. The maximum atomic E-state index is 14.3. The molecule has 1 aromatic rings. The van der Waals surface area contributed by atoms with Gasteiger partial charge >= 0.3 is 0 Å². The van der Waals surface area contributed by atoms with Gasteiger partial charge in [0, 0.05) is 23.7 Å². The molecule has 0 aromatic heterocycles.